The molecule has 1 N–H and O–H groups in total. The lowest BCUT2D eigenvalue weighted by Crippen LogP contribution is -2.60. The van der Waals surface area contributed by atoms with E-state index in [1.165, 1.54) is 19.4 Å². The fourth-order valence-corrected chi connectivity index (χ4v) is 2.82. The molecule has 0 aromatic heterocycles. The molecule has 4 nitrogen and oxygen atoms in total. The van der Waals surface area contributed by atoms with Gasteiger partial charge in [-0.3, -0.25) is 9.69 Å². The molecule has 1 amide bonds. The van der Waals surface area contributed by atoms with Crippen molar-refractivity contribution in [1.29, 1.82) is 0 Å². The van der Waals surface area contributed by atoms with Gasteiger partial charge in [0.1, 0.15) is 5.60 Å². The molecule has 0 saturated carbocycles. The lowest BCUT2D eigenvalue weighted by molar-refractivity contribution is -0.153. The van der Waals surface area contributed by atoms with Crippen molar-refractivity contribution in [2.24, 2.45) is 0 Å². The predicted molar refractivity (Wildman–Crippen MR) is 62.1 cm³/mol. The van der Waals surface area contributed by atoms with E-state index in [1.807, 2.05) is 4.90 Å². The third-order valence-electron chi connectivity index (χ3n) is 3.72. The number of amides is 1. The van der Waals surface area contributed by atoms with E-state index in [2.05, 4.69) is 11.8 Å². The van der Waals surface area contributed by atoms with Gasteiger partial charge in [-0.2, -0.15) is 0 Å². The Hall–Kier alpha value is -0.610. The van der Waals surface area contributed by atoms with E-state index in [1.54, 1.807) is 13.8 Å². The summed E-state index contributed by atoms with van der Waals surface area (Å²) in [7, 11) is 0. The van der Waals surface area contributed by atoms with Crippen molar-refractivity contribution in [2.45, 2.75) is 51.3 Å². The number of fused-ring (bicyclic) bond motifs is 1. The molecule has 0 radical (unpaired) electrons. The van der Waals surface area contributed by atoms with Gasteiger partial charge in [0.25, 0.3) is 5.91 Å². The van der Waals surface area contributed by atoms with E-state index in [9.17, 15) is 9.90 Å². The zero-order valence-corrected chi connectivity index (χ0v) is 10.4. The van der Waals surface area contributed by atoms with Gasteiger partial charge in [-0.25, -0.2) is 0 Å². The Morgan fingerprint density at radius 2 is 2.06 bits per heavy atom. The molecule has 2 aliphatic heterocycles. The average Bonchev–Trinajstić information content (AvgIpc) is 2.60. The first kappa shape index (κ1) is 11.9. The van der Waals surface area contributed by atoms with Crippen molar-refractivity contribution in [2.75, 3.05) is 19.6 Å². The minimum absolute atomic E-state index is 0.133. The Morgan fingerprint density at radius 3 is 2.69 bits per heavy atom. The van der Waals surface area contributed by atoms with Crippen LogP contribution < -0.4 is 0 Å². The van der Waals surface area contributed by atoms with Crippen LogP contribution in [-0.2, 0) is 4.79 Å². The van der Waals surface area contributed by atoms with Crippen LogP contribution in [0.2, 0.25) is 0 Å². The lowest BCUT2D eigenvalue weighted by Gasteiger charge is -2.44. The van der Waals surface area contributed by atoms with Crippen molar-refractivity contribution in [3.8, 4) is 0 Å². The first-order valence-electron chi connectivity index (χ1n) is 6.17. The molecule has 2 heterocycles. The number of nitrogens with zero attached hydrogens (tertiary/aromatic N) is 2. The monoisotopic (exact) mass is 226 g/mol. The number of piperazine rings is 1. The molecule has 2 unspecified atom stereocenters. The van der Waals surface area contributed by atoms with E-state index in [0.29, 0.717) is 6.04 Å². The second kappa shape index (κ2) is 4.00. The maximum absolute atomic E-state index is 12.1. The Morgan fingerprint density at radius 1 is 1.38 bits per heavy atom. The SMILES string of the molecule is CC1CN2CCCC2CN1C(=O)C(C)(C)O. The minimum atomic E-state index is -1.24. The summed E-state index contributed by atoms with van der Waals surface area (Å²) >= 11 is 0. The summed E-state index contributed by atoms with van der Waals surface area (Å²) in [6, 6.07) is 0.732. The van der Waals surface area contributed by atoms with Gasteiger partial charge < -0.3 is 10.0 Å². The third-order valence-corrected chi connectivity index (χ3v) is 3.72. The maximum Gasteiger partial charge on any atom is 0.254 e. The van der Waals surface area contributed by atoms with Crippen molar-refractivity contribution < 1.29 is 9.90 Å². The van der Waals surface area contributed by atoms with E-state index < -0.39 is 5.60 Å². The van der Waals surface area contributed by atoms with Crippen molar-refractivity contribution >= 4 is 5.91 Å². The summed E-state index contributed by atoms with van der Waals surface area (Å²) in [6.45, 7) is 8.11. The first-order chi connectivity index (χ1) is 7.39. The van der Waals surface area contributed by atoms with Gasteiger partial charge >= 0.3 is 0 Å². The van der Waals surface area contributed by atoms with Gasteiger partial charge in [0.05, 0.1) is 0 Å². The summed E-state index contributed by atoms with van der Waals surface area (Å²) in [5, 5.41) is 9.79. The van der Waals surface area contributed by atoms with Crippen LogP contribution in [0.5, 0.6) is 0 Å². The number of rotatable bonds is 1. The predicted octanol–water partition coefficient (Wildman–Crippen LogP) is 0.452. The fourth-order valence-electron chi connectivity index (χ4n) is 2.82. The topological polar surface area (TPSA) is 43.8 Å². The number of hydrogen-bond acceptors (Lipinski definition) is 3. The van der Waals surface area contributed by atoms with Crippen LogP contribution >= 0.6 is 0 Å². The van der Waals surface area contributed by atoms with Crippen molar-refractivity contribution in [3.63, 3.8) is 0 Å². The lowest BCUT2D eigenvalue weighted by atomic mass is 10.0. The Bertz CT molecular complexity index is 285. The summed E-state index contributed by atoms with van der Waals surface area (Å²) < 4.78 is 0. The van der Waals surface area contributed by atoms with E-state index in [-0.39, 0.29) is 11.9 Å². The molecule has 0 aromatic carbocycles. The fraction of sp³-hybridized carbons (Fsp3) is 0.917. The summed E-state index contributed by atoms with van der Waals surface area (Å²) in [6.07, 6.45) is 2.42. The largest absolute Gasteiger partial charge is 0.381 e. The Labute approximate surface area is 97.2 Å². The average molecular weight is 226 g/mol. The number of aliphatic hydroxyl groups is 1. The van der Waals surface area contributed by atoms with E-state index >= 15 is 0 Å². The zero-order valence-electron chi connectivity index (χ0n) is 10.4. The van der Waals surface area contributed by atoms with Crippen LogP contribution in [0.4, 0.5) is 0 Å². The second-order valence-electron chi connectivity index (χ2n) is 5.66. The minimum Gasteiger partial charge on any atom is -0.381 e. The molecular formula is C12H22N2O2. The number of carbonyl (C=O) groups is 1. The summed E-state index contributed by atoms with van der Waals surface area (Å²) in [5.41, 5.74) is -1.24. The molecule has 16 heavy (non-hydrogen) atoms. The third kappa shape index (κ3) is 2.09. The van der Waals surface area contributed by atoms with Crippen molar-refractivity contribution in [3.05, 3.63) is 0 Å². The Balaban J connectivity index is 2.08. The standard InChI is InChI=1S/C12H22N2O2/c1-9-7-13-6-4-5-10(13)8-14(9)11(15)12(2,3)16/h9-10,16H,4-8H2,1-3H3. The Kier molecular flexibility index (Phi) is 2.97. The molecule has 0 aromatic rings. The highest BCUT2D eigenvalue weighted by atomic mass is 16.3. The van der Waals surface area contributed by atoms with Crippen LogP contribution in [-0.4, -0.2) is 58.1 Å². The van der Waals surface area contributed by atoms with Crippen LogP contribution in [0.3, 0.4) is 0 Å². The van der Waals surface area contributed by atoms with Gasteiger partial charge in [0.2, 0.25) is 0 Å². The highest BCUT2D eigenvalue weighted by molar-refractivity contribution is 5.84. The molecule has 2 saturated heterocycles. The van der Waals surface area contributed by atoms with Crippen molar-refractivity contribution in [1.82, 2.24) is 9.80 Å². The first-order valence-corrected chi connectivity index (χ1v) is 6.17. The molecule has 0 aliphatic carbocycles. The highest BCUT2D eigenvalue weighted by Crippen LogP contribution is 2.26. The van der Waals surface area contributed by atoms with Crippen LogP contribution in [0.25, 0.3) is 0 Å². The molecule has 4 heteroatoms. The van der Waals surface area contributed by atoms with E-state index in [0.717, 1.165) is 13.1 Å². The van der Waals surface area contributed by atoms with Gasteiger partial charge in [-0.1, -0.05) is 0 Å². The second-order valence-corrected chi connectivity index (χ2v) is 5.66. The summed E-state index contributed by atoms with van der Waals surface area (Å²) in [5.74, 6) is -0.133. The molecule has 2 rings (SSSR count). The normalized spacial score (nSPS) is 31.6. The molecule has 2 fully saturated rings. The van der Waals surface area contributed by atoms with Crippen LogP contribution in [0.1, 0.15) is 33.6 Å². The van der Waals surface area contributed by atoms with Gasteiger partial charge in [0.15, 0.2) is 0 Å². The number of hydrogen-bond donors (Lipinski definition) is 1. The smallest absolute Gasteiger partial charge is 0.254 e. The molecule has 0 bridgehead atoms. The highest BCUT2D eigenvalue weighted by Gasteiger charge is 2.40. The molecule has 92 valence electrons. The molecule has 2 atom stereocenters. The molecule has 0 spiro atoms. The maximum atomic E-state index is 12.1. The number of carbonyl (C=O) groups excluding carboxylic acids is 1. The zero-order chi connectivity index (χ0) is 11.9. The van der Waals surface area contributed by atoms with E-state index in [4.69, 9.17) is 0 Å². The quantitative estimate of drug-likeness (QED) is 0.706. The molecular weight excluding hydrogens is 204 g/mol. The molecule has 2 aliphatic rings. The summed E-state index contributed by atoms with van der Waals surface area (Å²) in [4.78, 5) is 16.4. The van der Waals surface area contributed by atoms with Gasteiger partial charge in [0, 0.05) is 25.2 Å². The van der Waals surface area contributed by atoms with Gasteiger partial charge in [-0.15, -0.1) is 0 Å². The van der Waals surface area contributed by atoms with Gasteiger partial charge in [-0.05, 0) is 40.2 Å². The van der Waals surface area contributed by atoms with Crippen LogP contribution in [0, 0.1) is 0 Å². The van der Waals surface area contributed by atoms with Crippen LogP contribution in [0.15, 0.2) is 0 Å².